The summed E-state index contributed by atoms with van der Waals surface area (Å²) in [6, 6.07) is 6.76. The number of anilines is 1. The van der Waals surface area contributed by atoms with Crippen LogP contribution in [0.1, 0.15) is 37.8 Å². The van der Waals surface area contributed by atoms with Crippen LogP contribution in [-0.2, 0) is 0 Å². The van der Waals surface area contributed by atoms with Crippen LogP contribution < -0.4 is 10.2 Å². The Balaban J connectivity index is 2.75. The van der Waals surface area contributed by atoms with Gasteiger partial charge in [0, 0.05) is 36.4 Å². The van der Waals surface area contributed by atoms with Gasteiger partial charge in [-0.25, -0.2) is 0 Å². The molecule has 0 spiro atoms. The van der Waals surface area contributed by atoms with Gasteiger partial charge in [0.1, 0.15) is 0 Å². The molecular weight excluding hydrogens is 304 g/mol. The molecule has 0 aromatic heterocycles. The fraction of sp³-hybridized carbons (Fsp3) is 0.600. The zero-order valence-corrected chi connectivity index (χ0v) is 13.7. The van der Waals surface area contributed by atoms with Crippen LogP contribution in [0.4, 0.5) is 5.69 Å². The highest BCUT2D eigenvalue weighted by Crippen LogP contribution is 2.29. The molecule has 1 unspecified atom stereocenters. The second kappa shape index (κ2) is 8.56. The summed E-state index contributed by atoms with van der Waals surface area (Å²) in [6.07, 6.45) is 3.09. The van der Waals surface area contributed by atoms with E-state index in [2.05, 4.69) is 58.3 Å². The molecule has 1 aromatic rings. The summed E-state index contributed by atoms with van der Waals surface area (Å²) in [5.74, 6) is 0. The van der Waals surface area contributed by atoms with Crippen molar-refractivity contribution >= 4 is 21.6 Å². The fourth-order valence-corrected chi connectivity index (χ4v) is 2.51. The molecule has 19 heavy (non-hydrogen) atoms. The summed E-state index contributed by atoms with van der Waals surface area (Å²) in [7, 11) is 4.12. The lowest BCUT2D eigenvalue weighted by molar-refractivity contribution is 0.283. The summed E-state index contributed by atoms with van der Waals surface area (Å²) < 4.78 is 1.11. The van der Waals surface area contributed by atoms with Crippen LogP contribution in [0.25, 0.3) is 0 Å². The Morgan fingerprint density at radius 1 is 1.32 bits per heavy atom. The molecule has 4 heteroatoms. The molecule has 0 aliphatic heterocycles. The van der Waals surface area contributed by atoms with E-state index in [-0.39, 0.29) is 0 Å². The third-order valence-electron chi connectivity index (χ3n) is 3.45. The Kier molecular flexibility index (Phi) is 7.42. The number of nitrogens with one attached hydrogen (secondary N) is 1. The van der Waals surface area contributed by atoms with E-state index in [1.165, 1.54) is 11.3 Å². The van der Waals surface area contributed by atoms with Gasteiger partial charge in [0.2, 0.25) is 0 Å². The van der Waals surface area contributed by atoms with Crippen molar-refractivity contribution < 1.29 is 5.11 Å². The van der Waals surface area contributed by atoms with Gasteiger partial charge in [0.05, 0.1) is 0 Å². The number of aliphatic hydroxyl groups is 1. The van der Waals surface area contributed by atoms with Crippen LogP contribution in [0.3, 0.4) is 0 Å². The third-order valence-corrected chi connectivity index (χ3v) is 3.95. The molecule has 0 fully saturated rings. The van der Waals surface area contributed by atoms with E-state index in [0.29, 0.717) is 12.6 Å². The predicted octanol–water partition coefficient (Wildman–Crippen LogP) is 3.33. The Hall–Kier alpha value is -0.580. The highest BCUT2D eigenvalue weighted by Gasteiger charge is 2.12. The molecule has 1 aromatic carbocycles. The summed E-state index contributed by atoms with van der Waals surface area (Å²) >= 11 is 3.54. The SMILES string of the molecule is CNC(C)c1cc(Br)ccc1N(C)CCCCCO. The van der Waals surface area contributed by atoms with Crippen LogP contribution >= 0.6 is 15.9 Å². The molecule has 0 heterocycles. The molecule has 1 atom stereocenters. The van der Waals surface area contributed by atoms with Crippen molar-refractivity contribution in [2.24, 2.45) is 0 Å². The molecule has 0 aliphatic rings. The Labute approximate surface area is 125 Å². The lowest BCUT2D eigenvalue weighted by Crippen LogP contribution is -2.23. The maximum Gasteiger partial charge on any atom is 0.0431 e. The minimum Gasteiger partial charge on any atom is -0.396 e. The predicted molar refractivity (Wildman–Crippen MR) is 85.8 cm³/mol. The minimum atomic E-state index is 0.296. The maximum absolute atomic E-state index is 8.80. The summed E-state index contributed by atoms with van der Waals surface area (Å²) in [4.78, 5) is 2.30. The first-order valence-corrected chi connectivity index (χ1v) is 7.68. The summed E-state index contributed by atoms with van der Waals surface area (Å²) in [5.41, 5.74) is 2.58. The maximum atomic E-state index is 8.80. The highest BCUT2D eigenvalue weighted by molar-refractivity contribution is 9.10. The first-order chi connectivity index (χ1) is 9.10. The van der Waals surface area contributed by atoms with E-state index in [9.17, 15) is 0 Å². The molecule has 0 aliphatic carbocycles. The van der Waals surface area contributed by atoms with Gasteiger partial charge in [-0.3, -0.25) is 0 Å². The van der Waals surface area contributed by atoms with Gasteiger partial charge < -0.3 is 15.3 Å². The number of halogens is 1. The third kappa shape index (κ3) is 5.13. The molecule has 3 nitrogen and oxygen atoms in total. The van der Waals surface area contributed by atoms with Crippen LogP contribution in [0, 0.1) is 0 Å². The second-order valence-corrected chi connectivity index (χ2v) is 5.83. The number of hydrogen-bond acceptors (Lipinski definition) is 3. The quantitative estimate of drug-likeness (QED) is 0.718. The average molecular weight is 329 g/mol. The molecule has 0 amide bonds. The topological polar surface area (TPSA) is 35.5 Å². The second-order valence-electron chi connectivity index (χ2n) is 4.92. The zero-order valence-electron chi connectivity index (χ0n) is 12.1. The highest BCUT2D eigenvalue weighted by atomic mass is 79.9. The van der Waals surface area contributed by atoms with Gasteiger partial charge in [-0.1, -0.05) is 15.9 Å². The van der Waals surface area contributed by atoms with Crippen molar-refractivity contribution in [1.29, 1.82) is 0 Å². The number of unbranched alkanes of at least 4 members (excludes halogenated alkanes) is 2. The Morgan fingerprint density at radius 2 is 2.05 bits per heavy atom. The molecule has 0 bridgehead atoms. The van der Waals surface area contributed by atoms with Crippen LogP contribution in [-0.4, -0.2) is 32.4 Å². The first-order valence-electron chi connectivity index (χ1n) is 6.88. The van der Waals surface area contributed by atoms with Gasteiger partial charge in [0.15, 0.2) is 0 Å². The molecule has 0 saturated carbocycles. The normalized spacial score (nSPS) is 12.5. The lowest BCUT2D eigenvalue weighted by atomic mass is 10.1. The first kappa shape index (κ1) is 16.5. The fourth-order valence-electron chi connectivity index (χ4n) is 2.13. The monoisotopic (exact) mass is 328 g/mol. The number of aliphatic hydroxyl groups excluding tert-OH is 1. The number of hydrogen-bond donors (Lipinski definition) is 2. The molecular formula is C15H25BrN2O. The molecule has 1 rings (SSSR count). The van der Waals surface area contributed by atoms with E-state index in [1.807, 2.05) is 7.05 Å². The van der Waals surface area contributed by atoms with Gasteiger partial charge in [0.25, 0.3) is 0 Å². The van der Waals surface area contributed by atoms with Crippen molar-refractivity contribution in [3.8, 4) is 0 Å². The van der Waals surface area contributed by atoms with Crippen molar-refractivity contribution in [3.63, 3.8) is 0 Å². The molecule has 0 saturated heterocycles. The van der Waals surface area contributed by atoms with E-state index in [0.717, 1.165) is 30.3 Å². The standard InChI is InChI=1S/C15H25BrN2O/c1-12(17-2)14-11-13(16)7-8-15(14)18(3)9-5-4-6-10-19/h7-8,11-12,17,19H,4-6,9-10H2,1-3H3. The van der Waals surface area contributed by atoms with Crippen molar-refractivity contribution in [2.75, 3.05) is 32.1 Å². The smallest absolute Gasteiger partial charge is 0.0431 e. The van der Waals surface area contributed by atoms with Gasteiger partial charge in [-0.2, -0.15) is 0 Å². The molecule has 0 radical (unpaired) electrons. The number of nitrogens with zero attached hydrogens (tertiary/aromatic N) is 1. The lowest BCUT2D eigenvalue weighted by Gasteiger charge is -2.25. The van der Waals surface area contributed by atoms with E-state index in [1.54, 1.807) is 0 Å². The van der Waals surface area contributed by atoms with Crippen LogP contribution in [0.2, 0.25) is 0 Å². The number of benzene rings is 1. The van der Waals surface area contributed by atoms with Gasteiger partial charge in [-0.15, -0.1) is 0 Å². The van der Waals surface area contributed by atoms with Crippen molar-refractivity contribution in [3.05, 3.63) is 28.2 Å². The van der Waals surface area contributed by atoms with E-state index >= 15 is 0 Å². The van der Waals surface area contributed by atoms with Gasteiger partial charge in [-0.05, 0) is 57.0 Å². The Bertz CT molecular complexity index is 384. The number of rotatable bonds is 8. The average Bonchev–Trinajstić information content (AvgIpc) is 2.42. The van der Waals surface area contributed by atoms with Crippen LogP contribution in [0.15, 0.2) is 22.7 Å². The minimum absolute atomic E-state index is 0.296. The zero-order chi connectivity index (χ0) is 14.3. The molecule has 2 N–H and O–H groups in total. The molecule has 108 valence electrons. The van der Waals surface area contributed by atoms with Crippen molar-refractivity contribution in [1.82, 2.24) is 5.32 Å². The summed E-state index contributed by atoms with van der Waals surface area (Å²) in [5, 5.41) is 12.1. The van der Waals surface area contributed by atoms with Gasteiger partial charge >= 0.3 is 0 Å². The van der Waals surface area contributed by atoms with E-state index < -0.39 is 0 Å². The largest absolute Gasteiger partial charge is 0.396 e. The van der Waals surface area contributed by atoms with E-state index in [4.69, 9.17) is 5.11 Å². The summed E-state index contributed by atoms with van der Waals surface area (Å²) in [6.45, 7) is 3.49. The van der Waals surface area contributed by atoms with Crippen LogP contribution in [0.5, 0.6) is 0 Å². The Morgan fingerprint density at radius 3 is 2.68 bits per heavy atom. The van der Waals surface area contributed by atoms with Crippen molar-refractivity contribution in [2.45, 2.75) is 32.2 Å².